The Balaban J connectivity index is 1.72. The molecule has 0 bridgehead atoms. The summed E-state index contributed by atoms with van der Waals surface area (Å²) in [6, 6.07) is 8.55. The van der Waals surface area contributed by atoms with Gasteiger partial charge in [0.2, 0.25) is 5.95 Å². The van der Waals surface area contributed by atoms with Crippen LogP contribution in [0.1, 0.15) is 16.7 Å². The Morgan fingerprint density at radius 1 is 1.35 bits per heavy atom. The summed E-state index contributed by atoms with van der Waals surface area (Å²) < 4.78 is 2.76. The fraction of sp³-hybridized carbons (Fsp3) is 0.286. The highest BCUT2D eigenvalue weighted by atomic mass is 79.9. The molecular formula is C14H15BrN4S. The number of fused-ring (bicyclic) bond motifs is 1. The van der Waals surface area contributed by atoms with E-state index in [0.717, 1.165) is 16.5 Å². The summed E-state index contributed by atoms with van der Waals surface area (Å²) in [4.78, 5) is 7.20. The zero-order valence-electron chi connectivity index (χ0n) is 11.3. The van der Waals surface area contributed by atoms with Gasteiger partial charge in [0, 0.05) is 32.9 Å². The minimum absolute atomic E-state index is 0.300. The molecule has 0 aromatic carbocycles. The van der Waals surface area contributed by atoms with Crippen LogP contribution < -0.4 is 5.32 Å². The molecule has 0 aliphatic heterocycles. The average Bonchev–Trinajstić information content (AvgIpc) is 2.94. The lowest BCUT2D eigenvalue weighted by atomic mass is 10.2. The summed E-state index contributed by atoms with van der Waals surface area (Å²) in [5, 5.41) is 7.79. The first-order valence-corrected chi connectivity index (χ1v) is 8.05. The molecule has 0 spiro atoms. The second kappa shape index (κ2) is 5.54. The Hall–Kier alpha value is -1.40. The zero-order chi connectivity index (χ0) is 14.1. The van der Waals surface area contributed by atoms with Crippen LogP contribution in [0.3, 0.4) is 0 Å². The molecule has 6 heteroatoms. The van der Waals surface area contributed by atoms with Crippen molar-refractivity contribution in [1.82, 2.24) is 14.6 Å². The van der Waals surface area contributed by atoms with Crippen LogP contribution in [-0.4, -0.2) is 20.6 Å². The lowest BCUT2D eigenvalue weighted by molar-refractivity contribution is 0.784. The number of anilines is 1. The third kappa shape index (κ3) is 3.02. The number of hydrogen-bond acceptors (Lipinski definition) is 4. The number of nitrogens with zero attached hydrogens (tertiary/aromatic N) is 3. The van der Waals surface area contributed by atoms with E-state index in [9.17, 15) is 0 Å². The fourth-order valence-electron chi connectivity index (χ4n) is 2.09. The molecule has 1 atom stereocenters. The van der Waals surface area contributed by atoms with Crippen LogP contribution in [0.25, 0.3) is 5.65 Å². The Bertz CT molecular complexity index is 734. The van der Waals surface area contributed by atoms with E-state index >= 15 is 0 Å². The number of nitrogens with one attached hydrogen (secondary N) is 1. The summed E-state index contributed by atoms with van der Waals surface area (Å²) in [5.74, 6) is 0.670. The van der Waals surface area contributed by atoms with Gasteiger partial charge in [-0.15, -0.1) is 16.4 Å². The predicted octanol–water partition coefficient (Wildman–Crippen LogP) is 3.90. The van der Waals surface area contributed by atoms with Crippen molar-refractivity contribution in [3.8, 4) is 0 Å². The van der Waals surface area contributed by atoms with Crippen LogP contribution in [0.4, 0.5) is 5.95 Å². The molecule has 3 heterocycles. The summed E-state index contributed by atoms with van der Waals surface area (Å²) in [5.41, 5.74) is 0.842. The maximum absolute atomic E-state index is 4.46. The van der Waals surface area contributed by atoms with Gasteiger partial charge in [-0.2, -0.15) is 4.98 Å². The van der Waals surface area contributed by atoms with Gasteiger partial charge < -0.3 is 5.32 Å². The minimum atomic E-state index is 0.300. The molecule has 0 aliphatic carbocycles. The van der Waals surface area contributed by atoms with E-state index in [1.807, 2.05) is 29.7 Å². The summed E-state index contributed by atoms with van der Waals surface area (Å²) in [7, 11) is 0. The summed E-state index contributed by atoms with van der Waals surface area (Å²) in [6.45, 7) is 4.28. The second-order valence-corrected chi connectivity index (χ2v) is 7.14. The molecule has 1 N–H and O–H groups in total. The van der Waals surface area contributed by atoms with Crippen molar-refractivity contribution in [2.75, 3.05) is 5.32 Å². The lowest BCUT2D eigenvalue weighted by Crippen LogP contribution is -2.18. The Labute approximate surface area is 130 Å². The van der Waals surface area contributed by atoms with E-state index in [0.29, 0.717) is 12.0 Å². The highest BCUT2D eigenvalue weighted by molar-refractivity contribution is 9.10. The van der Waals surface area contributed by atoms with Crippen molar-refractivity contribution in [2.45, 2.75) is 26.3 Å². The SMILES string of the molecule is Cc1ccc(CC(C)Nc2nc3ccc(Br)cn3n2)s1. The van der Waals surface area contributed by atoms with Gasteiger partial charge in [-0.1, -0.05) is 0 Å². The van der Waals surface area contributed by atoms with E-state index in [-0.39, 0.29) is 0 Å². The lowest BCUT2D eigenvalue weighted by Gasteiger charge is -2.10. The van der Waals surface area contributed by atoms with E-state index in [1.54, 1.807) is 4.52 Å². The van der Waals surface area contributed by atoms with Crippen molar-refractivity contribution in [2.24, 2.45) is 0 Å². The van der Waals surface area contributed by atoms with Crippen molar-refractivity contribution in [1.29, 1.82) is 0 Å². The van der Waals surface area contributed by atoms with Gasteiger partial charge >= 0.3 is 0 Å². The van der Waals surface area contributed by atoms with Gasteiger partial charge in [0.15, 0.2) is 5.65 Å². The number of hydrogen-bond donors (Lipinski definition) is 1. The highest BCUT2D eigenvalue weighted by Gasteiger charge is 2.09. The van der Waals surface area contributed by atoms with Crippen LogP contribution in [-0.2, 0) is 6.42 Å². The minimum Gasteiger partial charge on any atom is -0.350 e. The first-order valence-electron chi connectivity index (χ1n) is 6.44. The maximum Gasteiger partial charge on any atom is 0.243 e. The van der Waals surface area contributed by atoms with Gasteiger partial charge in [0.05, 0.1) is 0 Å². The van der Waals surface area contributed by atoms with Gasteiger partial charge in [-0.05, 0) is 54.0 Å². The van der Waals surface area contributed by atoms with Gasteiger partial charge in [0.25, 0.3) is 0 Å². The van der Waals surface area contributed by atoms with Crippen molar-refractivity contribution >= 4 is 38.9 Å². The van der Waals surface area contributed by atoms with Crippen LogP contribution in [0.5, 0.6) is 0 Å². The molecule has 0 saturated heterocycles. The van der Waals surface area contributed by atoms with E-state index in [1.165, 1.54) is 9.75 Å². The Morgan fingerprint density at radius 2 is 2.20 bits per heavy atom. The van der Waals surface area contributed by atoms with Crippen molar-refractivity contribution < 1.29 is 0 Å². The average molecular weight is 351 g/mol. The number of pyridine rings is 1. The van der Waals surface area contributed by atoms with Crippen LogP contribution in [0.2, 0.25) is 0 Å². The van der Waals surface area contributed by atoms with Crippen molar-refractivity contribution in [3.63, 3.8) is 0 Å². The Kier molecular flexibility index (Phi) is 3.76. The van der Waals surface area contributed by atoms with Gasteiger partial charge in [0.1, 0.15) is 0 Å². The molecular weight excluding hydrogens is 336 g/mol. The molecule has 0 amide bonds. The van der Waals surface area contributed by atoms with Crippen LogP contribution >= 0.6 is 27.3 Å². The molecule has 4 nitrogen and oxygen atoms in total. The monoisotopic (exact) mass is 350 g/mol. The number of thiophene rings is 1. The zero-order valence-corrected chi connectivity index (χ0v) is 13.7. The molecule has 3 aromatic heterocycles. The van der Waals surface area contributed by atoms with Crippen molar-refractivity contribution in [3.05, 3.63) is 44.7 Å². The molecule has 1 unspecified atom stereocenters. The second-order valence-electron chi connectivity index (χ2n) is 4.85. The molecule has 3 aromatic rings. The predicted molar refractivity (Wildman–Crippen MR) is 86.5 cm³/mol. The normalized spacial score (nSPS) is 12.8. The molecule has 3 rings (SSSR count). The number of aromatic nitrogens is 3. The first kappa shape index (κ1) is 13.6. The Morgan fingerprint density at radius 3 is 2.95 bits per heavy atom. The number of halogens is 1. The topological polar surface area (TPSA) is 42.2 Å². The van der Waals surface area contributed by atoms with Crippen LogP contribution in [0.15, 0.2) is 34.9 Å². The molecule has 0 radical (unpaired) electrons. The molecule has 0 saturated carbocycles. The quantitative estimate of drug-likeness (QED) is 0.775. The number of rotatable bonds is 4. The molecule has 104 valence electrons. The van der Waals surface area contributed by atoms with Gasteiger partial charge in [-0.25, -0.2) is 4.52 Å². The highest BCUT2D eigenvalue weighted by Crippen LogP contribution is 2.18. The molecule has 0 fully saturated rings. The van der Waals surface area contributed by atoms with Gasteiger partial charge in [-0.3, -0.25) is 0 Å². The van der Waals surface area contributed by atoms with E-state index in [2.05, 4.69) is 57.3 Å². The smallest absolute Gasteiger partial charge is 0.243 e. The molecule has 0 aliphatic rings. The first-order chi connectivity index (χ1) is 9.60. The number of aryl methyl sites for hydroxylation is 1. The summed E-state index contributed by atoms with van der Waals surface area (Å²) >= 11 is 5.27. The fourth-order valence-corrected chi connectivity index (χ4v) is 3.43. The third-order valence-electron chi connectivity index (χ3n) is 2.97. The maximum atomic E-state index is 4.46. The standard InChI is InChI=1S/C14H15BrN4S/c1-9(7-12-5-3-10(2)20-12)16-14-17-13-6-4-11(15)8-19(13)18-14/h3-6,8-9H,7H2,1-2H3,(H,16,18). The third-order valence-corrected chi connectivity index (χ3v) is 4.47. The summed E-state index contributed by atoms with van der Waals surface area (Å²) in [6.07, 6.45) is 2.89. The van der Waals surface area contributed by atoms with Crippen LogP contribution in [0, 0.1) is 6.92 Å². The van der Waals surface area contributed by atoms with E-state index < -0.39 is 0 Å². The largest absolute Gasteiger partial charge is 0.350 e. The van der Waals surface area contributed by atoms with E-state index in [4.69, 9.17) is 0 Å². The molecule has 20 heavy (non-hydrogen) atoms.